The highest BCUT2D eigenvalue weighted by atomic mass is 16.7. The van der Waals surface area contributed by atoms with Crippen molar-refractivity contribution in [2.75, 3.05) is 13.2 Å². The molecule has 7 aliphatic rings. The van der Waals surface area contributed by atoms with E-state index in [1.54, 1.807) is 30.3 Å². The molecule has 1 aromatic carbocycles. The summed E-state index contributed by atoms with van der Waals surface area (Å²) in [5, 5.41) is 66.3. The first-order chi connectivity index (χ1) is 24.7. The van der Waals surface area contributed by atoms with Crippen LogP contribution in [0.1, 0.15) is 89.4 Å². The third-order valence-electron chi connectivity index (χ3n) is 15.5. The minimum absolute atomic E-state index is 0.0139. The van der Waals surface area contributed by atoms with Gasteiger partial charge in [0.15, 0.2) is 12.1 Å². The summed E-state index contributed by atoms with van der Waals surface area (Å²) in [5.74, 6) is 0.394. The monoisotopic (exact) mass is 730 g/mol. The van der Waals surface area contributed by atoms with Crippen molar-refractivity contribution in [3.8, 4) is 0 Å². The van der Waals surface area contributed by atoms with E-state index in [2.05, 4.69) is 20.8 Å². The van der Waals surface area contributed by atoms with Crippen molar-refractivity contribution in [2.45, 2.75) is 146 Å². The Balaban J connectivity index is 1.08. The number of fused-ring (bicyclic) bond motifs is 7. The van der Waals surface area contributed by atoms with Crippen LogP contribution in [0.5, 0.6) is 0 Å². The average molecular weight is 731 g/mol. The maximum atomic E-state index is 13.6. The largest absolute Gasteiger partial charge is 0.456 e. The first-order valence-corrected chi connectivity index (χ1v) is 19.6. The Morgan fingerprint density at radius 3 is 2.37 bits per heavy atom. The van der Waals surface area contributed by atoms with Crippen LogP contribution >= 0.6 is 0 Å². The molecule has 19 unspecified atom stereocenters. The molecular formula is C40H58O12. The van der Waals surface area contributed by atoms with E-state index in [0.29, 0.717) is 23.8 Å². The number of aliphatic hydroxyl groups excluding tert-OH is 5. The normalized spacial score (nSPS) is 54.2. The molecule has 3 heterocycles. The molecular weight excluding hydrogens is 672 g/mol. The first-order valence-electron chi connectivity index (χ1n) is 19.6. The van der Waals surface area contributed by atoms with Crippen LogP contribution in [0.4, 0.5) is 0 Å². The molecule has 7 fully saturated rings. The molecule has 0 aromatic heterocycles. The lowest BCUT2D eigenvalue weighted by Gasteiger charge is -2.66. The second-order valence-corrected chi connectivity index (χ2v) is 18.1. The highest BCUT2D eigenvalue weighted by Crippen LogP contribution is 2.72. The fourth-order valence-corrected chi connectivity index (χ4v) is 12.6. The maximum Gasteiger partial charge on any atom is 0.338 e. The summed E-state index contributed by atoms with van der Waals surface area (Å²) in [6.07, 6.45) is -5.52. The van der Waals surface area contributed by atoms with Gasteiger partial charge in [0.2, 0.25) is 0 Å². The lowest BCUT2D eigenvalue weighted by molar-refractivity contribution is -0.339. The Morgan fingerprint density at radius 1 is 0.923 bits per heavy atom. The fourth-order valence-electron chi connectivity index (χ4n) is 12.6. The Kier molecular flexibility index (Phi) is 9.45. The van der Waals surface area contributed by atoms with E-state index in [9.17, 15) is 35.4 Å². The first kappa shape index (κ1) is 37.2. The number of aliphatic hydroxyl groups is 6. The van der Waals surface area contributed by atoms with Crippen LogP contribution in [0.25, 0.3) is 0 Å². The van der Waals surface area contributed by atoms with Crippen molar-refractivity contribution in [3.63, 3.8) is 0 Å². The van der Waals surface area contributed by atoms with Crippen LogP contribution in [0.15, 0.2) is 30.3 Å². The highest BCUT2D eigenvalue weighted by Gasteiger charge is 2.73. The number of hydrogen-bond acceptors (Lipinski definition) is 12. The summed E-state index contributed by atoms with van der Waals surface area (Å²) < 4.78 is 31.6. The van der Waals surface area contributed by atoms with Gasteiger partial charge in [0.05, 0.1) is 36.6 Å². The van der Waals surface area contributed by atoms with E-state index in [1.165, 1.54) is 0 Å². The molecule has 290 valence electrons. The number of benzene rings is 1. The van der Waals surface area contributed by atoms with Gasteiger partial charge in [-0.1, -0.05) is 45.9 Å². The molecule has 4 aliphatic carbocycles. The van der Waals surface area contributed by atoms with Gasteiger partial charge in [0.25, 0.3) is 0 Å². The van der Waals surface area contributed by atoms with Crippen molar-refractivity contribution < 1.29 is 59.1 Å². The Hall–Kier alpha value is -1.71. The fraction of sp³-hybridized carbons (Fsp3) is 0.825. The minimum Gasteiger partial charge on any atom is -0.456 e. The zero-order valence-electron chi connectivity index (χ0n) is 30.8. The number of hydrogen-bond donors (Lipinski definition) is 6. The van der Waals surface area contributed by atoms with E-state index in [1.807, 2.05) is 6.92 Å². The van der Waals surface area contributed by atoms with Crippen LogP contribution in [0, 0.1) is 46.3 Å². The van der Waals surface area contributed by atoms with E-state index >= 15 is 0 Å². The van der Waals surface area contributed by atoms with Crippen molar-refractivity contribution in [2.24, 2.45) is 46.3 Å². The Morgan fingerprint density at radius 2 is 1.67 bits per heavy atom. The molecule has 3 saturated heterocycles. The molecule has 3 aliphatic heterocycles. The summed E-state index contributed by atoms with van der Waals surface area (Å²) in [6, 6.07) is 8.59. The van der Waals surface area contributed by atoms with Gasteiger partial charge in [0, 0.05) is 24.2 Å². The van der Waals surface area contributed by atoms with Gasteiger partial charge in [-0.05, 0) is 85.7 Å². The lowest BCUT2D eigenvalue weighted by atomic mass is 9.42. The third-order valence-corrected chi connectivity index (χ3v) is 15.5. The third kappa shape index (κ3) is 5.49. The van der Waals surface area contributed by atoms with Gasteiger partial charge in [-0.3, -0.25) is 0 Å². The van der Waals surface area contributed by atoms with Gasteiger partial charge in [0.1, 0.15) is 36.6 Å². The van der Waals surface area contributed by atoms with Gasteiger partial charge < -0.3 is 54.3 Å². The number of carbonyl (C=O) groups is 1. The maximum absolute atomic E-state index is 13.6. The predicted molar refractivity (Wildman–Crippen MR) is 184 cm³/mol. The van der Waals surface area contributed by atoms with Crippen LogP contribution < -0.4 is 0 Å². The second-order valence-electron chi connectivity index (χ2n) is 18.1. The average Bonchev–Trinajstić information content (AvgIpc) is 3.57. The topological polar surface area (TPSA) is 185 Å². The zero-order valence-corrected chi connectivity index (χ0v) is 30.8. The summed E-state index contributed by atoms with van der Waals surface area (Å²) in [4.78, 5) is 13.6. The lowest BCUT2D eigenvalue weighted by Crippen LogP contribution is -2.71. The zero-order chi connectivity index (χ0) is 37.0. The summed E-state index contributed by atoms with van der Waals surface area (Å²) in [5.41, 5.74) is -2.18. The van der Waals surface area contributed by atoms with Gasteiger partial charge in [-0.2, -0.15) is 0 Å². The molecule has 0 bridgehead atoms. The smallest absolute Gasteiger partial charge is 0.338 e. The predicted octanol–water partition coefficient (Wildman–Crippen LogP) is 2.54. The standard InChI is InChI=1S/C40H58O12/c1-20-10-13-40(48-19-20)21(2)31-26(52-40)15-25-23-14-30(42)39(47)17-28(50-36-34(45)33(44)32(43)29(18-41)51-36)27(49-35(46)22-8-6-5-7-9-22)16-38(39,4)24(23)11-12-37(25,31)3/h5-9,20-21,23-34,36,41-45,47H,10-19H2,1-4H3. The number of esters is 1. The van der Waals surface area contributed by atoms with Crippen molar-refractivity contribution in [1.29, 1.82) is 0 Å². The van der Waals surface area contributed by atoms with Crippen LogP contribution in [0.3, 0.4) is 0 Å². The quantitative estimate of drug-likeness (QED) is 0.193. The van der Waals surface area contributed by atoms with Gasteiger partial charge >= 0.3 is 5.97 Å². The Bertz CT molecular complexity index is 1470. The summed E-state index contributed by atoms with van der Waals surface area (Å²) in [7, 11) is 0. The van der Waals surface area contributed by atoms with Gasteiger partial charge in [-0.25, -0.2) is 4.79 Å². The molecule has 1 spiro atoms. The number of ether oxygens (including phenoxy) is 5. The van der Waals surface area contributed by atoms with Crippen LogP contribution in [-0.2, 0) is 23.7 Å². The van der Waals surface area contributed by atoms with Gasteiger partial charge in [-0.15, -0.1) is 0 Å². The number of rotatable bonds is 5. The van der Waals surface area contributed by atoms with Crippen molar-refractivity contribution in [3.05, 3.63) is 35.9 Å². The molecule has 4 saturated carbocycles. The molecule has 6 N–H and O–H groups in total. The summed E-state index contributed by atoms with van der Waals surface area (Å²) in [6.45, 7) is 9.04. The second kappa shape index (κ2) is 13.2. The van der Waals surface area contributed by atoms with E-state index in [0.717, 1.165) is 38.7 Å². The molecule has 12 heteroatoms. The Labute approximate surface area is 305 Å². The van der Waals surface area contributed by atoms with E-state index in [-0.39, 0.29) is 48.0 Å². The molecule has 8 rings (SSSR count). The minimum atomic E-state index is -1.68. The van der Waals surface area contributed by atoms with Crippen molar-refractivity contribution in [1.82, 2.24) is 0 Å². The molecule has 1 aromatic rings. The highest BCUT2D eigenvalue weighted by molar-refractivity contribution is 5.89. The molecule has 19 atom stereocenters. The van der Waals surface area contributed by atoms with E-state index in [4.69, 9.17) is 23.7 Å². The number of carbonyl (C=O) groups excluding carboxylic acids is 1. The SMILES string of the molecule is CC1CCC2(OC1)OC1CC3C4CC(O)C5(O)CC(OC6OC(CO)C(O)C(O)C6O)C(OC(=O)c6ccccc6)CC5(C)C4CCC3(C)C1C2C. The van der Waals surface area contributed by atoms with Crippen molar-refractivity contribution >= 4 is 5.97 Å². The van der Waals surface area contributed by atoms with E-state index < -0.39 is 78.4 Å². The molecule has 52 heavy (non-hydrogen) atoms. The molecule has 0 radical (unpaired) electrons. The molecule has 0 amide bonds. The molecule has 12 nitrogen and oxygen atoms in total. The van der Waals surface area contributed by atoms with Crippen LogP contribution in [0.2, 0.25) is 0 Å². The van der Waals surface area contributed by atoms with Crippen LogP contribution in [-0.4, -0.2) is 116 Å². The summed E-state index contributed by atoms with van der Waals surface area (Å²) >= 11 is 0.